The van der Waals surface area contributed by atoms with Crippen LogP contribution in [0.3, 0.4) is 0 Å². The molecule has 4 atom stereocenters. The number of likely N-dealkylation sites (tertiary alicyclic amines) is 1. The number of benzene rings is 3. The topological polar surface area (TPSA) is 152 Å². The molecule has 3 aliphatic rings. The van der Waals surface area contributed by atoms with Gasteiger partial charge in [0.1, 0.15) is 11.5 Å². The highest BCUT2D eigenvalue weighted by atomic mass is 16.5. The number of nitrogens with one attached hydrogen (secondary N) is 1. The van der Waals surface area contributed by atoms with Crippen LogP contribution in [0.5, 0.6) is 11.5 Å². The number of anilines is 3. The van der Waals surface area contributed by atoms with E-state index in [2.05, 4.69) is 5.32 Å². The summed E-state index contributed by atoms with van der Waals surface area (Å²) in [6, 6.07) is 17.9. The molecule has 54 heavy (non-hydrogen) atoms. The van der Waals surface area contributed by atoms with Crippen molar-refractivity contribution in [3.63, 3.8) is 0 Å². The lowest BCUT2D eigenvalue weighted by Crippen LogP contribution is -2.49. The Balaban J connectivity index is 1.23. The number of rotatable bonds is 16. The Morgan fingerprint density at radius 2 is 1.80 bits per heavy atom. The van der Waals surface area contributed by atoms with Gasteiger partial charge in [0.25, 0.3) is 5.91 Å². The van der Waals surface area contributed by atoms with Crippen LogP contribution in [0.15, 0.2) is 72.8 Å². The Kier molecular flexibility index (Phi) is 12.4. The predicted molar refractivity (Wildman–Crippen MR) is 206 cm³/mol. The second-order valence-corrected chi connectivity index (χ2v) is 14.2. The minimum absolute atomic E-state index is 0.0674. The molecule has 0 aromatic heterocycles. The third-order valence-corrected chi connectivity index (χ3v) is 10.8. The number of carbonyl (C=O) groups is 3. The lowest BCUT2D eigenvalue weighted by atomic mass is 9.83. The lowest BCUT2D eigenvalue weighted by molar-refractivity contribution is -0.139. The third-order valence-electron chi connectivity index (χ3n) is 10.8. The Bertz CT molecular complexity index is 1850. The average Bonchev–Trinajstić information content (AvgIpc) is 3.75. The Hall–Kier alpha value is -4.75. The number of nitrogens with zero attached hydrogens (tertiary/aromatic N) is 3. The Morgan fingerprint density at radius 1 is 1.04 bits per heavy atom. The third kappa shape index (κ3) is 7.74. The van der Waals surface area contributed by atoms with Gasteiger partial charge in [-0.2, -0.15) is 0 Å². The second kappa shape index (κ2) is 17.2. The van der Waals surface area contributed by atoms with Gasteiger partial charge in [-0.25, -0.2) is 0 Å². The van der Waals surface area contributed by atoms with Gasteiger partial charge in [0.05, 0.1) is 50.3 Å². The van der Waals surface area contributed by atoms with Crippen molar-refractivity contribution < 1.29 is 39.2 Å². The fourth-order valence-electron chi connectivity index (χ4n) is 7.85. The standard InChI is InChI=1S/C42H52N4O8/c1-4-54-34-17-18-37-30(23-34)24-36(43-20-5-6-22-47)40(50)46(37)31-14-12-29(13-15-31)26-45-38-19-16-33(53-3)25-35(38)42(52,41(45)51)28(2)9-7-11-39(49)44-21-8-10-32(44)27-48/h7,9,12-19,23,25,28,32,36,43,47-48,52H,4-6,8,10-11,20-22,24,26-27H2,1-3H3/b9-7+/t28-,32+,36?,42+/m1/s1. The monoisotopic (exact) mass is 740 g/mol. The fraction of sp³-hybridized carbons (Fsp3) is 0.452. The number of hydrogen-bond donors (Lipinski definition) is 4. The first-order valence-corrected chi connectivity index (χ1v) is 19.0. The number of ether oxygens (including phenoxy) is 2. The molecule has 3 aromatic rings. The molecule has 1 fully saturated rings. The first kappa shape index (κ1) is 39.0. The van der Waals surface area contributed by atoms with E-state index >= 15 is 0 Å². The molecule has 0 spiro atoms. The van der Waals surface area contributed by atoms with Crippen molar-refractivity contribution in [3.8, 4) is 11.5 Å². The van der Waals surface area contributed by atoms with Crippen LogP contribution in [-0.4, -0.2) is 90.0 Å². The van der Waals surface area contributed by atoms with Gasteiger partial charge in [0.2, 0.25) is 11.8 Å². The quantitative estimate of drug-likeness (QED) is 0.124. The molecule has 1 saturated heterocycles. The van der Waals surface area contributed by atoms with Crippen LogP contribution in [0.1, 0.15) is 62.6 Å². The van der Waals surface area contributed by atoms with Crippen LogP contribution in [0.2, 0.25) is 0 Å². The molecule has 12 heteroatoms. The molecule has 0 radical (unpaired) electrons. The zero-order chi connectivity index (χ0) is 38.4. The number of aliphatic hydroxyl groups excluding tert-OH is 2. The van der Waals surface area contributed by atoms with Crippen molar-refractivity contribution in [2.45, 2.75) is 76.6 Å². The summed E-state index contributed by atoms with van der Waals surface area (Å²) in [5.41, 5.74) is 2.32. The van der Waals surface area contributed by atoms with Crippen LogP contribution >= 0.6 is 0 Å². The molecule has 4 N–H and O–H groups in total. The van der Waals surface area contributed by atoms with Crippen LogP contribution in [0, 0.1) is 5.92 Å². The van der Waals surface area contributed by atoms with Crippen LogP contribution in [-0.2, 0) is 33.0 Å². The molecule has 12 nitrogen and oxygen atoms in total. The van der Waals surface area contributed by atoms with Crippen molar-refractivity contribution in [1.82, 2.24) is 10.2 Å². The smallest absolute Gasteiger partial charge is 0.264 e. The van der Waals surface area contributed by atoms with Crippen molar-refractivity contribution in [2.24, 2.45) is 5.92 Å². The van der Waals surface area contributed by atoms with Gasteiger partial charge >= 0.3 is 0 Å². The van der Waals surface area contributed by atoms with E-state index in [0.29, 0.717) is 55.2 Å². The molecule has 3 aromatic carbocycles. The largest absolute Gasteiger partial charge is 0.497 e. The number of hydrogen-bond acceptors (Lipinski definition) is 9. The maximum atomic E-state index is 14.3. The molecule has 3 amide bonds. The average molecular weight is 741 g/mol. The molecule has 0 saturated carbocycles. The number of methoxy groups -OCH3 is 1. The molecule has 0 bridgehead atoms. The van der Waals surface area contributed by atoms with Crippen LogP contribution in [0.25, 0.3) is 0 Å². The van der Waals surface area contributed by atoms with E-state index in [1.165, 1.54) is 7.11 Å². The van der Waals surface area contributed by atoms with E-state index < -0.39 is 23.5 Å². The van der Waals surface area contributed by atoms with Gasteiger partial charge in [-0.05, 0) is 105 Å². The summed E-state index contributed by atoms with van der Waals surface area (Å²) < 4.78 is 11.2. The van der Waals surface area contributed by atoms with E-state index in [1.54, 1.807) is 52.0 Å². The molecule has 6 rings (SSSR count). The summed E-state index contributed by atoms with van der Waals surface area (Å²) in [5, 5.41) is 34.5. The maximum Gasteiger partial charge on any atom is 0.264 e. The van der Waals surface area contributed by atoms with Crippen molar-refractivity contribution in [3.05, 3.63) is 89.5 Å². The molecule has 0 aliphatic carbocycles. The highest BCUT2D eigenvalue weighted by Crippen LogP contribution is 2.47. The molecular weight excluding hydrogens is 688 g/mol. The van der Waals surface area contributed by atoms with E-state index in [0.717, 1.165) is 41.8 Å². The van der Waals surface area contributed by atoms with Gasteiger partial charge in [-0.1, -0.05) is 31.2 Å². The van der Waals surface area contributed by atoms with Crippen LogP contribution < -0.4 is 24.6 Å². The molecule has 1 unspecified atom stereocenters. The SMILES string of the molecule is CCOc1ccc2c(c1)CC(NCCCCO)C(=O)N2c1ccc(CN2C(=O)[C@](O)([C@H](C)/C=C/CC(=O)N3CCC[C@H]3CO)c3cc(OC)ccc32)cc1. The fourth-order valence-corrected chi connectivity index (χ4v) is 7.85. The van der Waals surface area contributed by atoms with Crippen molar-refractivity contribution in [2.75, 3.05) is 49.8 Å². The predicted octanol–water partition coefficient (Wildman–Crippen LogP) is 4.35. The Labute approximate surface area is 317 Å². The van der Waals surface area contributed by atoms with E-state index in [9.17, 15) is 29.7 Å². The molecule has 3 heterocycles. The zero-order valence-corrected chi connectivity index (χ0v) is 31.4. The zero-order valence-electron chi connectivity index (χ0n) is 31.4. The minimum Gasteiger partial charge on any atom is -0.497 e. The second-order valence-electron chi connectivity index (χ2n) is 14.2. The van der Waals surface area contributed by atoms with Gasteiger partial charge in [0.15, 0.2) is 5.60 Å². The lowest BCUT2D eigenvalue weighted by Gasteiger charge is -2.35. The normalized spacial score (nSPS) is 21.5. The minimum atomic E-state index is -1.91. The van der Waals surface area contributed by atoms with E-state index in [-0.39, 0.29) is 44.0 Å². The summed E-state index contributed by atoms with van der Waals surface area (Å²) in [6.07, 6.45) is 7.05. The Morgan fingerprint density at radius 3 is 2.52 bits per heavy atom. The summed E-state index contributed by atoms with van der Waals surface area (Å²) in [5.74, 6) is -0.0992. The van der Waals surface area contributed by atoms with Crippen molar-refractivity contribution >= 4 is 34.8 Å². The van der Waals surface area contributed by atoms with Gasteiger partial charge in [-0.3, -0.25) is 19.3 Å². The summed E-state index contributed by atoms with van der Waals surface area (Å²) >= 11 is 0. The number of aliphatic hydroxyl groups is 3. The van der Waals surface area contributed by atoms with Gasteiger partial charge < -0.3 is 39.9 Å². The summed E-state index contributed by atoms with van der Waals surface area (Å²) in [7, 11) is 1.53. The molecule has 288 valence electrons. The van der Waals surface area contributed by atoms with Crippen molar-refractivity contribution in [1.29, 1.82) is 0 Å². The first-order chi connectivity index (χ1) is 26.1. The highest BCUT2D eigenvalue weighted by Gasteiger charge is 2.52. The summed E-state index contributed by atoms with van der Waals surface area (Å²) in [6.45, 7) is 5.64. The summed E-state index contributed by atoms with van der Waals surface area (Å²) in [4.78, 5) is 46.1. The highest BCUT2D eigenvalue weighted by molar-refractivity contribution is 6.08. The first-order valence-electron chi connectivity index (χ1n) is 19.0. The van der Waals surface area contributed by atoms with E-state index in [4.69, 9.17) is 9.47 Å². The maximum absolute atomic E-state index is 14.3. The van der Waals surface area contributed by atoms with Gasteiger partial charge in [0, 0.05) is 36.7 Å². The van der Waals surface area contributed by atoms with E-state index in [1.807, 2.05) is 49.4 Å². The van der Waals surface area contributed by atoms with Crippen LogP contribution in [0.4, 0.5) is 17.1 Å². The number of amides is 3. The number of fused-ring (bicyclic) bond motifs is 2. The van der Waals surface area contributed by atoms with Gasteiger partial charge in [-0.15, -0.1) is 0 Å². The number of carbonyl (C=O) groups excluding carboxylic acids is 3. The number of unbranched alkanes of at least 4 members (excludes halogenated alkanes) is 1. The molecular formula is C42H52N4O8. The molecule has 3 aliphatic heterocycles.